The fourth-order valence-corrected chi connectivity index (χ4v) is 6.85. The van der Waals surface area contributed by atoms with Gasteiger partial charge >= 0.3 is 6.03 Å². The van der Waals surface area contributed by atoms with Gasteiger partial charge in [-0.1, -0.05) is 74.5 Å². The van der Waals surface area contributed by atoms with Crippen molar-refractivity contribution >= 4 is 29.7 Å². The Morgan fingerprint density at radius 1 is 0.815 bits per heavy atom. The molecule has 0 saturated carbocycles. The molecule has 5 atom stereocenters. The van der Waals surface area contributed by atoms with E-state index < -0.39 is 41.9 Å². The first-order valence-electron chi connectivity index (χ1n) is 19.3. The first kappa shape index (κ1) is 42.2. The molecule has 2 aliphatic heterocycles. The molecular formula is C40H60N8O6. The quantitative estimate of drug-likeness (QED) is 0.105. The predicted molar refractivity (Wildman–Crippen MR) is 207 cm³/mol. The van der Waals surface area contributed by atoms with Crippen LogP contribution in [0.5, 0.6) is 0 Å². The number of carbonyl (C=O) groups excluding carboxylic acids is 5. The number of carbonyl (C=O) groups is 5. The molecule has 2 aromatic rings. The van der Waals surface area contributed by atoms with Crippen molar-refractivity contribution in [1.82, 2.24) is 36.8 Å². The van der Waals surface area contributed by atoms with E-state index in [0.29, 0.717) is 45.4 Å². The van der Waals surface area contributed by atoms with Gasteiger partial charge in [-0.2, -0.15) is 0 Å². The van der Waals surface area contributed by atoms with Crippen LogP contribution in [0.4, 0.5) is 4.79 Å². The fourth-order valence-electron chi connectivity index (χ4n) is 6.85. The van der Waals surface area contributed by atoms with E-state index in [2.05, 4.69) is 31.9 Å². The monoisotopic (exact) mass is 748 g/mol. The van der Waals surface area contributed by atoms with Gasteiger partial charge in [0.25, 0.3) is 0 Å². The van der Waals surface area contributed by atoms with E-state index in [1.165, 1.54) is 0 Å². The lowest BCUT2D eigenvalue weighted by Crippen LogP contribution is -2.59. The summed E-state index contributed by atoms with van der Waals surface area (Å²) in [5.74, 6) is -1.71. The molecule has 54 heavy (non-hydrogen) atoms. The average Bonchev–Trinajstić information content (AvgIpc) is 3.69. The number of hydrogen-bond acceptors (Lipinski definition) is 8. The van der Waals surface area contributed by atoms with Gasteiger partial charge in [-0.05, 0) is 68.5 Å². The van der Waals surface area contributed by atoms with E-state index >= 15 is 0 Å². The van der Waals surface area contributed by atoms with Crippen molar-refractivity contribution < 1.29 is 28.7 Å². The van der Waals surface area contributed by atoms with Crippen LogP contribution in [0.1, 0.15) is 63.5 Å². The minimum atomic E-state index is -1.01. The highest BCUT2D eigenvalue weighted by molar-refractivity contribution is 5.95. The van der Waals surface area contributed by atoms with Crippen molar-refractivity contribution in [3.8, 4) is 0 Å². The third-order valence-electron chi connectivity index (χ3n) is 9.91. The van der Waals surface area contributed by atoms with Crippen LogP contribution < -0.4 is 37.6 Å². The van der Waals surface area contributed by atoms with Crippen molar-refractivity contribution in [3.63, 3.8) is 0 Å². The van der Waals surface area contributed by atoms with Gasteiger partial charge in [0.2, 0.25) is 23.6 Å². The average molecular weight is 749 g/mol. The Bertz CT molecular complexity index is 1480. The second-order valence-corrected chi connectivity index (χ2v) is 14.8. The molecular weight excluding hydrogens is 688 g/mol. The van der Waals surface area contributed by atoms with Gasteiger partial charge in [0.1, 0.15) is 18.1 Å². The minimum absolute atomic E-state index is 0.0192. The first-order valence-corrected chi connectivity index (χ1v) is 19.3. The second kappa shape index (κ2) is 22.0. The van der Waals surface area contributed by atoms with Crippen LogP contribution in [0.15, 0.2) is 60.7 Å². The summed E-state index contributed by atoms with van der Waals surface area (Å²) in [7, 11) is 1.56. The smallest absolute Gasteiger partial charge is 0.314 e. The van der Waals surface area contributed by atoms with E-state index in [-0.39, 0.29) is 49.4 Å². The zero-order valence-corrected chi connectivity index (χ0v) is 32.0. The van der Waals surface area contributed by atoms with Gasteiger partial charge in [0.15, 0.2) is 0 Å². The lowest BCUT2D eigenvalue weighted by Gasteiger charge is -2.35. The molecule has 0 spiro atoms. The Labute approximate surface area is 319 Å². The summed E-state index contributed by atoms with van der Waals surface area (Å²) in [6.07, 6.45) is 4.32. The number of rotatable bonds is 19. The molecule has 0 bridgehead atoms. The van der Waals surface area contributed by atoms with E-state index in [1.54, 1.807) is 11.9 Å². The summed E-state index contributed by atoms with van der Waals surface area (Å²) in [5, 5.41) is 17.6. The van der Waals surface area contributed by atoms with Gasteiger partial charge in [-0.25, -0.2) is 4.79 Å². The number of nitrogens with zero attached hydrogens (tertiary/aromatic N) is 1. The lowest BCUT2D eigenvalue weighted by molar-refractivity contribution is -0.139. The molecule has 0 unspecified atom stereocenters. The Hall–Kier alpha value is -4.53. The van der Waals surface area contributed by atoms with Gasteiger partial charge in [0.05, 0.1) is 12.6 Å². The Morgan fingerprint density at radius 3 is 2.00 bits per heavy atom. The molecule has 14 nitrogen and oxygen atoms in total. The maximum Gasteiger partial charge on any atom is 0.314 e. The molecule has 4 rings (SSSR count). The third-order valence-corrected chi connectivity index (χ3v) is 9.91. The lowest BCUT2D eigenvalue weighted by atomic mass is 9.99. The molecule has 2 aromatic carbocycles. The number of urea groups is 1. The highest BCUT2D eigenvalue weighted by Crippen LogP contribution is 2.15. The number of hydrogen-bond donors (Lipinski definition) is 7. The van der Waals surface area contributed by atoms with Crippen molar-refractivity contribution in [2.75, 3.05) is 39.9 Å². The predicted octanol–water partition coefficient (Wildman–Crippen LogP) is 1.38. The van der Waals surface area contributed by atoms with Crippen LogP contribution in [0.25, 0.3) is 0 Å². The highest BCUT2D eigenvalue weighted by atomic mass is 16.5. The first-order chi connectivity index (χ1) is 26.0. The van der Waals surface area contributed by atoms with Crippen LogP contribution in [0.2, 0.25) is 0 Å². The van der Waals surface area contributed by atoms with Crippen molar-refractivity contribution in [1.29, 1.82) is 0 Å². The molecule has 2 fully saturated rings. The van der Waals surface area contributed by atoms with Crippen molar-refractivity contribution in [2.24, 2.45) is 11.7 Å². The van der Waals surface area contributed by atoms with Crippen LogP contribution in [-0.4, -0.2) is 111 Å². The van der Waals surface area contributed by atoms with Gasteiger partial charge < -0.3 is 47.3 Å². The topological polar surface area (TPSA) is 196 Å². The number of amides is 6. The Morgan fingerprint density at radius 2 is 1.41 bits per heavy atom. The molecule has 2 saturated heterocycles. The molecule has 0 aromatic heterocycles. The van der Waals surface area contributed by atoms with E-state index in [0.717, 1.165) is 30.5 Å². The fraction of sp³-hybridized carbons (Fsp3) is 0.575. The molecule has 14 heteroatoms. The van der Waals surface area contributed by atoms with E-state index in [9.17, 15) is 24.0 Å². The van der Waals surface area contributed by atoms with Crippen molar-refractivity contribution in [2.45, 2.75) is 101 Å². The number of likely N-dealkylation sites (tertiary alicyclic amines) is 1. The molecule has 6 amide bonds. The van der Waals surface area contributed by atoms with Gasteiger partial charge in [-0.15, -0.1) is 0 Å². The molecule has 2 aliphatic rings. The Balaban J connectivity index is 1.46. The zero-order chi connectivity index (χ0) is 38.9. The number of nitrogens with two attached hydrogens (primary N) is 1. The van der Waals surface area contributed by atoms with Gasteiger partial charge in [-0.3, -0.25) is 19.2 Å². The van der Waals surface area contributed by atoms with E-state index in [4.69, 9.17) is 10.5 Å². The number of piperidine rings is 1. The van der Waals surface area contributed by atoms with Crippen LogP contribution in [0.3, 0.4) is 0 Å². The SMILES string of the molecule is CNC(=O)NC1CCN(C(=O)[C@@H](CCOC[C@@H]2CCCN2)NC(=O)[C@@H](CC(C)C)NC(=O)[C@@H](Cc2ccccc2)NC(=O)[C@H](N)Cc2ccccc2)CC1. The molecule has 2 heterocycles. The molecule has 296 valence electrons. The van der Waals surface area contributed by atoms with Crippen molar-refractivity contribution in [3.05, 3.63) is 71.8 Å². The maximum atomic E-state index is 14.1. The summed E-state index contributed by atoms with van der Waals surface area (Å²) in [4.78, 5) is 68.9. The van der Waals surface area contributed by atoms with Gasteiger partial charge in [0, 0.05) is 45.2 Å². The minimum Gasteiger partial charge on any atom is -0.380 e. The van der Waals surface area contributed by atoms with Crippen LogP contribution >= 0.6 is 0 Å². The van der Waals surface area contributed by atoms with Crippen LogP contribution in [0, 0.1) is 5.92 Å². The largest absolute Gasteiger partial charge is 0.380 e. The maximum absolute atomic E-state index is 14.1. The summed E-state index contributed by atoms with van der Waals surface area (Å²) in [6, 6.07) is 14.9. The normalized spacial score (nSPS) is 18.2. The highest BCUT2D eigenvalue weighted by Gasteiger charge is 2.34. The standard InChI is InChI=1S/C40H60N8O6/c1-27(2)23-34(47-38(51)35(25-29-13-8-5-9-14-29)46-36(49)32(41)24-28-11-6-4-7-12-28)37(50)45-33(18-22-54-26-31-15-10-19-43-31)39(52)48-20-16-30(17-21-48)44-40(53)42-3/h4-9,11-14,27,30-35,43H,10,15-26,41H2,1-3H3,(H,45,50)(H,46,49)(H,47,51)(H2,42,44,53)/t31-,32+,33+,34+,35+/m0/s1. The number of benzene rings is 2. The van der Waals surface area contributed by atoms with Crippen LogP contribution in [-0.2, 0) is 36.8 Å². The number of ether oxygens (including phenoxy) is 1. The van der Waals surface area contributed by atoms with E-state index in [1.807, 2.05) is 74.5 Å². The zero-order valence-electron chi connectivity index (χ0n) is 32.0. The summed E-state index contributed by atoms with van der Waals surface area (Å²) < 4.78 is 5.95. The summed E-state index contributed by atoms with van der Waals surface area (Å²) >= 11 is 0. The molecule has 8 N–H and O–H groups in total. The second-order valence-electron chi connectivity index (χ2n) is 14.8. The summed E-state index contributed by atoms with van der Waals surface area (Å²) in [6.45, 7) is 6.47. The number of nitrogens with one attached hydrogen (secondary N) is 6. The molecule has 0 radical (unpaired) electrons. The Kier molecular flexibility index (Phi) is 17.2. The third kappa shape index (κ3) is 14.0. The molecule has 0 aliphatic carbocycles. The summed E-state index contributed by atoms with van der Waals surface area (Å²) in [5.41, 5.74) is 8.01.